The molecule has 0 heterocycles. The third-order valence-electron chi connectivity index (χ3n) is 6.22. The average Bonchev–Trinajstić information content (AvgIpc) is 2.86. The van der Waals surface area contributed by atoms with Gasteiger partial charge in [-0.3, -0.25) is 0 Å². The van der Waals surface area contributed by atoms with Crippen LogP contribution in [0.2, 0.25) is 0 Å². The van der Waals surface area contributed by atoms with Crippen LogP contribution >= 0.6 is 0 Å². The maximum Gasteiger partial charge on any atom is 2.00 e. The molecule has 2 unspecified atom stereocenters. The molecule has 5 heteroatoms. The average molecular weight is 567 g/mol. The first-order chi connectivity index (χ1) is 17.2. The minimum atomic E-state index is -1.10. The molecule has 0 aliphatic carbocycles. The summed E-state index contributed by atoms with van der Waals surface area (Å²) in [6.07, 6.45) is 20.9. The first kappa shape index (κ1) is 47.3. The number of hydrogen-bond donors (Lipinski definition) is 4. The van der Waals surface area contributed by atoms with Gasteiger partial charge in [-0.2, -0.15) is 11.8 Å². The van der Waals surface area contributed by atoms with Crippen molar-refractivity contribution < 1.29 is 42.1 Å². The van der Waals surface area contributed by atoms with Crippen LogP contribution in [0.5, 0.6) is 0 Å². The fourth-order valence-corrected chi connectivity index (χ4v) is 3.25. The van der Waals surface area contributed by atoms with E-state index in [1.165, 1.54) is 89.9 Å². The van der Waals surface area contributed by atoms with Gasteiger partial charge in [0.05, 0.1) is 0 Å². The van der Waals surface area contributed by atoms with Crippen LogP contribution in [-0.2, 0) is 21.7 Å². The van der Waals surface area contributed by atoms with Crippen LogP contribution in [0.3, 0.4) is 0 Å². The summed E-state index contributed by atoms with van der Waals surface area (Å²) in [5, 5.41) is 33.9. The Kier molecular flexibility index (Phi) is 55.8. The minimum Gasteiger partial charge on any atom is -0.368 e. The molecule has 226 valence electrons. The fraction of sp³-hybridized carbons (Fsp3) is 0.938. The molecule has 0 aromatic carbocycles. The third kappa shape index (κ3) is 61.9. The molecule has 0 saturated carbocycles. The summed E-state index contributed by atoms with van der Waals surface area (Å²) >= 11 is 0. The molecule has 0 spiro atoms. The summed E-state index contributed by atoms with van der Waals surface area (Å²) in [6.45, 7) is 21.2. The molecule has 0 radical (unpaired) electrons. The van der Waals surface area contributed by atoms with E-state index in [2.05, 4.69) is 55.4 Å². The number of aliphatic hydroxyl groups is 4. The van der Waals surface area contributed by atoms with Crippen LogP contribution in [0.4, 0.5) is 0 Å². The molecule has 0 bridgehead atoms. The molecular formula is C32H70O4Ti. The monoisotopic (exact) mass is 566 g/mol. The Morgan fingerprint density at radius 1 is 0.405 bits per heavy atom. The van der Waals surface area contributed by atoms with E-state index in [0.717, 1.165) is 25.7 Å². The summed E-state index contributed by atoms with van der Waals surface area (Å²) in [5.74, 6) is 1.41. The van der Waals surface area contributed by atoms with Crippen molar-refractivity contribution in [1.29, 1.82) is 0 Å². The summed E-state index contributed by atoms with van der Waals surface area (Å²) in [6, 6.07) is 0. The SMILES string of the molecule is CCCCCCCC(O)O.CCCCCCCC(O)O.[CH2-]C(CC)CCCC.[CH2-]C(CC)CCCC.[Ti+2]. The van der Waals surface area contributed by atoms with Crippen LogP contribution in [0.15, 0.2) is 0 Å². The molecule has 2 atom stereocenters. The van der Waals surface area contributed by atoms with Gasteiger partial charge in [0.15, 0.2) is 12.6 Å². The van der Waals surface area contributed by atoms with Gasteiger partial charge in [-0.05, 0) is 25.7 Å². The molecular weight excluding hydrogens is 496 g/mol. The molecule has 0 saturated heterocycles. The van der Waals surface area contributed by atoms with E-state index >= 15 is 0 Å². The first-order valence-corrected chi connectivity index (χ1v) is 15.5. The van der Waals surface area contributed by atoms with Crippen molar-refractivity contribution in [3.8, 4) is 0 Å². The van der Waals surface area contributed by atoms with Gasteiger partial charge in [-0.1, -0.05) is 144 Å². The standard InChI is InChI=1S/2C8H18O2.2C8H17.Ti/c2*1-2-3-4-5-6-7-8(9)10;2*1-4-6-7-8(3)5-2;/h2*8-10H,2-7H2,1H3;2*8H,3-7H2,1-2H3;/q;;2*-1;+2. The van der Waals surface area contributed by atoms with E-state index in [0.29, 0.717) is 24.7 Å². The molecule has 4 nitrogen and oxygen atoms in total. The second-order valence-corrected chi connectivity index (χ2v) is 10.2. The van der Waals surface area contributed by atoms with E-state index in [9.17, 15) is 0 Å². The summed E-state index contributed by atoms with van der Waals surface area (Å²) in [4.78, 5) is 0. The van der Waals surface area contributed by atoms with Crippen LogP contribution < -0.4 is 0 Å². The fourth-order valence-electron chi connectivity index (χ4n) is 3.25. The topological polar surface area (TPSA) is 80.9 Å². The van der Waals surface area contributed by atoms with Crippen molar-refractivity contribution in [2.45, 2.75) is 183 Å². The normalized spacial score (nSPS) is 11.8. The predicted octanol–water partition coefficient (Wildman–Crippen LogP) is 9.39. The smallest absolute Gasteiger partial charge is 0.368 e. The zero-order chi connectivity index (χ0) is 28.5. The van der Waals surface area contributed by atoms with Crippen molar-refractivity contribution in [2.75, 3.05) is 0 Å². The van der Waals surface area contributed by atoms with E-state index in [4.69, 9.17) is 20.4 Å². The van der Waals surface area contributed by atoms with Crippen molar-refractivity contribution in [3.05, 3.63) is 13.8 Å². The van der Waals surface area contributed by atoms with Gasteiger partial charge < -0.3 is 34.3 Å². The van der Waals surface area contributed by atoms with Gasteiger partial charge in [0.2, 0.25) is 0 Å². The Morgan fingerprint density at radius 3 is 0.892 bits per heavy atom. The number of hydrogen-bond acceptors (Lipinski definition) is 4. The zero-order valence-corrected chi connectivity index (χ0v) is 27.7. The van der Waals surface area contributed by atoms with Gasteiger partial charge in [0, 0.05) is 0 Å². The van der Waals surface area contributed by atoms with Crippen molar-refractivity contribution in [2.24, 2.45) is 11.8 Å². The second-order valence-electron chi connectivity index (χ2n) is 10.2. The third-order valence-corrected chi connectivity index (χ3v) is 6.22. The van der Waals surface area contributed by atoms with Crippen LogP contribution in [0, 0.1) is 25.7 Å². The Hall–Kier alpha value is 0.554. The molecule has 37 heavy (non-hydrogen) atoms. The Balaban J connectivity index is -0.000000123. The molecule has 0 aliphatic rings. The Morgan fingerprint density at radius 2 is 0.676 bits per heavy atom. The number of rotatable bonds is 20. The molecule has 0 aromatic heterocycles. The molecule has 0 rings (SSSR count). The van der Waals surface area contributed by atoms with Gasteiger partial charge in [-0.25, -0.2) is 0 Å². The van der Waals surface area contributed by atoms with Crippen molar-refractivity contribution >= 4 is 0 Å². The summed E-state index contributed by atoms with van der Waals surface area (Å²) in [5.41, 5.74) is 0. The number of unbranched alkanes of at least 4 members (excludes halogenated alkanes) is 10. The van der Waals surface area contributed by atoms with Crippen LogP contribution in [-0.4, -0.2) is 33.0 Å². The summed E-state index contributed by atoms with van der Waals surface area (Å²) in [7, 11) is 0. The molecule has 0 aromatic rings. The Labute approximate surface area is 249 Å². The van der Waals surface area contributed by atoms with E-state index in [1.807, 2.05) is 0 Å². The first-order valence-electron chi connectivity index (χ1n) is 15.5. The number of aliphatic hydroxyl groups excluding tert-OH is 2. The van der Waals surface area contributed by atoms with Gasteiger partial charge >= 0.3 is 21.7 Å². The maximum atomic E-state index is 8.46. The van der Waals surface area contributed by atoms with Crippen molar-refractivity contribution in [1.82, 2.24) is 0 Å². The van der Waals surface area contributed by atoms with Crippen molar-refractivity contribution in [3.63, 3.8) is 0 Å². The molecule has 0 aliphatic heterocycles. The van der Waals surface area contributed by atoms with Crippen LogP contribution in [0.1, 0.15) is 170 Å². The molecule has 0 amide bonds. The minimum absolute atomic E-state index is 0. The predicted molar refractivity (Wildman–Crippen MR) is 161 cm³/mol. The maximum absolute atomic E-state index is 8.46. The quantitative estimate of drug-likeness (QED) is 0.0512. The Bertz CT molecular complexity index is 309. The van der Waals surface area contributed by atoms with Crippen LogP contribution in [0.25, 0.3) is 0 Å². The molecule has 4 N–H and O–H groups in total. The summed E-state index contributed by atoms with van der Waals surface area (Å²) < 4.78 is 0. The van der Waals surface area contributed by atoms with Gasteiger partial charge in [0.25, 0.3) is 0 Å². The van der Waals surface area contributed by atoms with E-state index in [-0.39, 0.29) is 21.7 Å². The van der Waals surface area contributed by atoms with Gasteiger partial charge in [0.1, 0.15) is 0 Å². The zero-order valence-electron chi connectivity index (χ0n) is 26.2. The van der Waals surface area contributed by atoms with E-state index in [1.54, 1.807) is 0 Å². The molecule has 0 fully saturated rings. The largest absolute Gasteiger partial charge is 2.00 e. The van der Waals surface area contributed by atoms with E-state index < -0.39 is 12.6 Å². The van der Waals surface area contributed by atoms with Gasteiger partial charge in [-0.15, -0.1) is 0 Å². The second kappa shape index (κ2) is 43.6.